The second-order valence-corrected chi connectivity index (χ2v) is 7.19. The van der Waals surface area contributed by atoms with E-state index in [2.05, 4.69) is 52.5 Å². The van der Waals surface area contributed by atoms with Crippen molar-refractivity contribution < 1.29 is 0 Å². The predicted molar refractivity (Wildman–Crippen MR) is 104 cm³/mol. The summed E-state index contributed by atoms with van der Waals surface area (Å²) in [5, 5.41) is 10.00. The standard InChI is InChI=1S/C21H21N5/c1-15-8-7-13-25(14-15)20-17-11-5-6-12-18(17)26-21(22-20)19(23-24-26)16-9-3-2-4-10-16/h2-6,9-12,15H,7-8,13-14H2,1H3/t15-/m1/s1. The van der Waals surface area contributed by atoms with Gasteiger partial charge in [0, 0.05) is 24.0 Å². The summed E-state index contributed by atoms with van der Waals surface area (Å²) in [6, 6.07) is 18.5. The van der Waals surface area contributed by atoms with Gasteiger partial charge in [-0.3, -0.25) is 0 Å². The number of para-hydroxylation sites is 1. The highest BCUT2D eigenvalue weighted by Crippen LogP contribution is 2.31. The van der Waals surface area contributed by atoms with E-state index in [4.69, 9.17) is 4.98 Å². The van der Waals surface area contributed by atoms with E-state index >= 15 is 0 Å². The van der Waals surface area contributed by atoms with E-state index in [9.17, 15) is 0 Å². The third-order valence-corrected chi connectivity index (χ3v) is 5.24. The fraction of sp³-hybridized carbons (Fsp3) is 0.286. The fourth-order valence-corrected chi connectivity index (χ4v) is 3.95. The zero-order chi connectivity index (χ0) is 17.5. The lowest BCUT2D eigenvalue weighted by molar-refractivity contribution is 0.445. The van der Waals surface area contributed by atoms with Crippen molar-refractivity contribution in [3.63, 3.8) is 0 Å². The lowest BCUT2D eigenvalue weighted by Crippen LogP contribution is -2.35. The van der Waals surface area contributed by atoms with Crippen molar-refractivity contribution in [3.8, 4) is 11.3 Å². The molecule has 1 aliphatic rings. The van der Waals surface area contributed by atoms with Gasteiger partial charge in [0.05, 0.1) is 5.52 Å². The number of hydrogen-bond donors (Lipinski definition) is 0. The average molecular weight is 343 g/mol. The minimum Gasteiger partial charge on any atom is -0.356 e. The van der Waals surface area contributed by atoms with Crippen LogP contribution in [0.3, 0.4) is 0 Å². The Morgan fingerprint density at radius 2 is 1.81 bits per heavy atom. The highest BCUT2D eigenvalue weighted by Gasteiger charge is 2.22. The molecule has 0 bridgehead atoms. The summed E-state index contributed by atoms with van der Waals surface area (Å²) in [5.74, 6) is 1.75. The van der Waals surface area contributed by atoms with Crippen molar-refractivity contribution in [1.29, 1.82) is 0 Å². The summed E-state index contributed by atoms with van der Waals surface area (Å²) in [5.41, 5.74) is 3.76. The minimum absolute atomic E-state index is 0.692. The molecule has 0 spiro atoms. The van der Waals surface area contributed by atoms with Crippen molar-refractivity contribution in [2.45, 2.75) is 19.8 Å². The average Bonchev–Trinajstić information content (AvgIpc) is 3.12. The number of fused-ring (bicyclic) bond motifs is 3. The van der Waals surface area contributed by atoms with Gasteiger partial charge in [-0.05, 0) is 30.9 Å². The molecule has 4 aromatic rings. The molecule has 0 aliphatic carbocycles. The van der Waals surface area contributed by atoms with Crippen LogP contribution in [-0.4, -0.2) is 32.9 Å². The van der Waals surface area contributed by atoms with E-state index in [1.165, 1.54) is 12.8 Å². The minimum atomic E-state index is 0.692. The zero-order valence-electron chi connectivity index (χ0n) is 14.8. The highest BCUT2D eigenvalue weighted by atomic mass is 15.4. The summed E-state index contributed by atoms with van der Waals surface area (Å²) in [7, 11) is 0. The van der Waals surface area contributed by atoms with Crippen LogP contribution in [-0.2, 0) is 0 Å². The summed E-state index contributed by atoms with van der Waals surface area (Å²) in [6.45, 7) is 4.43. The Labute approximate surface area is 152 Å². The maximum atomic E-state index is 5.06. The molecule has 130 valence electrons. The molecule has 2 aromatic heterocycles. The molecule has 26 heavy (non-hydrogen) atoms. The Hall–Kier alpha value is -2.95. The molecule has 5 heteroatoms. The normalized spacial score (nSPS) is 17.9. The van der Waals surface area contributed by atoms with Crippen molar-refractivity contribution >= 4 is 22.4 Å². The van der Waals surface area contributed by atoms with Crippen molar-refractivity contribution in [2.24, 2.45) is 5.92 Å². The Bertz CT molecular complexity index is 1070. The number of hydrogen-bond acceptors (Lipinski definition) is 4. The molecule has 2 aromatic carbocycles. The third-order valence-electron chi connectivity index (χ3n) is 5.24. The van der Waals surface area contributed by atoms with E-state index in [0.29, 0.717) is 5.92 Å². The van der Waals surface area contributed by atoms with Gasteiger partial charge < -0.3 is 4.90 Å². The molecule has 0 amide bonds. The Morgan fingerprint density at radius 1 is 1.00 bits per heavy atom. The largest absolute Gasteiger partial charge is 0.356 e. The third kappa shape index (κ3) is 2.43. The fourth-order valence-electron chi connectivity index (χ4n) is 3.95. The van der Waals surface area contributed by atoms with Crippen molar-refractivity contribution in [1.82, 2.24) is 19.8 Å². The molecule has 0 N–H and O–H groups in total. The number of nitrogens with zero attached hydrogens (tertiary/aromatic N) is 5. The SMILES string of the molecule is C[C@@H]1CCCN(c2nc3c(-c4ccccc4)nnn3c3ccccc23)C1. The van der Waals surface area contributed by atoms with Crippen LogP contribution in [0.2, 0.25) is 0 Å². The Morgan fingerprint density at radius 3 is 2.65 bits per heavy atom. The van der Waals surface area contributed by atoms with Gasteiger partial charge in [0.25, 0.3) is 0 Å². The summed E-state index contributed by atoms with van der Waals surface area (Å²) in [6.07, 6.45) is 2.51. The number of anilines is 1. The van der Waals surface area contributed by atoms with Crippen LogP contribution in [0.5, 0.6) is 0 Å². The van der Waals surface area contributed by atoms with Gasteiger partial charge in [-0.2, -0.15) is 4.52 Å². The van der Waals surface area contributed by atoms with Crippen LogP contribution in [0, 0.1) is 5.92 Å². The van der Waals surface area contributed by atoms with Crippen LogP contribution >= 0.6 is 0 Å². The van der Waals surface area contributed by atoms with Gasteiger partial charge in [0.2, 0.25) is 0 Å². The topological polar surface area (TPSA) is 46.3 Å². The molecular formula is C21H21N5. The molecular weight excluding hydrogens is 322 g/mol. The van der Waals surface area contributed by atoms with Gasteiger partial charge in [0.15, 0.2) is 5.65 Å². The summed E-state index contributed by atoms with van der Waals surface area (Å²) >= 11 is 0. The van der Waals surface area contributed by atoms with Crippen molar-refractivity contribution in [2.75, 3.05) is 18.0 Å². The maximum Gasteiger partial charge on any atom is 0.186 e. The first-order chi connectivity index (χ1) is 12.8. The number of rotatable bonds is 2. The second kappa shape index (κ2) is 6.09. The number of piperidine rings is 1. The lowest BCUT2D eigenvalue weighted by atomic mass is 10.00. The van der Waals surface area contributed by atoms with Gasteiger partial charge in [-0.1, -0.05) is 54.6 Å². The van der Waals surface area contributed by atoms with Crippen LogP contribution < -0.4 is 4.90 Å². The maximum absolute atomic E-state index is 5.06. The molecule has 0 radical (unpaired) electrons. The monoisotopic (exact) mass is 343 g/mol. The predicted octanol–water partition coefficient (Wildman–Crippen LogP) is 4.18. The molecule has 1 atom stereocenters. The van der Waals surface area contributed by atoms with Gasteiger partial charge >= 0.3 is 0 Å². The zero-order valence-corrected chi connectivity index (χ0v) is 14.8. The molecule has 0 unspecified atom stereocenters. The van der Waals surface area contributed by atoms with E-state index in [0.717, 1.165) is 46.7 Å². The summed E-state index contributed by atoms with van der Waals surface area (Å²) < 4.78 is 1.87. The molecule has 1 saturated heterocycles. The van der Waals surface area contributed by atoms with E-state index in [-0.39, 0.29) is 0 Å². The molecule has 3 heterocycles. The van der Waals surface area contributed by atoms with E-state index in [1.807, 2.05) is 28.8 Å². The van der Waals surface area contributed by atoms with E-state index < -0.39 is 0 Å². The molecule has 5 nitrogen and oxygen atoms in total. The molecule has 1 fully saturated rings. The molecule has 1 aliphatic heterocycles. The highest BCUT2D eigenvalue weighted by molar-refractivity contribution is 5.93. The first-order valence-electron chi connectivity index (χ1n) is 9.26. The number of benzene rings is 2. The quantitative estimate of drug-likeness (QED) is 0.548. The van der Waals surface area contributed by atoms with Gasteiger partial charge in [0.1, 0.15) is 11.5 Å². The first kappa shape index (κ1) is 15.3. The Balaban J connectivity index is 1.77. The van der Waals surface area contributed by atoms with Crippen LogP contribution in [0.15, 0.2) is 54.6 Å². The van der Waals surface area contributed by atoms with Gasteiger partial charge in [-0.15, -0.1) is 5.10 Å². The van der Waals surface area contributed by atoms with Crippen LogP contribution in [0.1, 0.15) is 19.8 Å². The van der Waals surface area contributed by atoms with Gasteiger partial charge in [-0.25, -0.2) is 4.98 Å². The smallest absolute Gasteiger partial charge is 0.186 e. The summed E-state index contributed by atoms with van der Waals surface area (Å²) in [4.78, 5) is 7.49. The second-order valence-electron chi connectivity index (χ2n) is 7.19. The van der Waals surface area contributed by atoms with Crippen LogP contribution in [0.25, 0.3) is 27.8 Å². The molecule has 0 saturated carbocycles. The molecule has 5 rings (SSSR count). The van der Waals surface area contributed by atoms with E-state index in [1.54, 1.807) is 0 Å². The Kier molecular flexibility index (Phi) is 3.59. The number of aromatic nitrogens is 4. The lowest BCUT2D eigenvalue weighted by Gasteiger charge is -2.32. The van der Waals surface area contributed by atoms with Crippen LogP contribution in [0.4, 0.5) is 5.82 Å². The van der Waals surface area contributed by atoms with Crippen molar-refractivity contribution in [3.05, 3.63) is 54.6 Å². The first-order valence-corrected chi connectivity index (χ1v) is 9.26.